The van der Waals surface area contributed by atoms with Crippen LogP contribution in [0.25, 0.3) is 0 Å². The second-order valence-corrected chi connectivity index (χ2v) is 12.3. The first-order valence-electron chi connectivity index (χ1n) is 13.0. The third-order valence-corrected chi connectivity index (χ3v) is 11.1. The highest BCUT2D eigenvalue weighted by atomic mass is 16.1. The maximum absolute atomic E-state index is 12.4. The van der Waals surface area contributed by atoms with Gasteiger partial charge in [0.15, 0.2) is 0 Å². The highest BCUT2D eigenvalue weighted by Gasteiger charge is 2.60. The van der Waals surface area contributed by atoms with Crippen LogP contribution in [-0.2, 0) is 4.79 Å². The molecule has 8 atom stereocenters. The summed E-state index contributed by atoms with van der Waals surface area (Å²) in [5.74, 6) is 4.22. The van der Waals surface area contributed by atoms with Gasteiger partial charge in [-0.2, -0.15) is 0 Å². The molecule has 2 heteroatoms. The lowest BCUT2D eigenvalue weighted by Gasteiger charge is -2.61. The van der Waals surface area contributed by atoms with Crippen molar-refractivity contribution in [2.24, 2.45) is 40.4 Å². The molecule has 2 nitrogen and oxygen atoms in total. The Kier molecular flexibility index (Phi) is 5.30. The van der Waals surface area contributed by atoms with Crippen molar-refractivity contribution in [1.82, 2.24) is 0 Å². The molecule has 0 saturated heterocycles. The average molecular weight is 422 g/mol. The molecule has 4 aliphatic carbocycles. The minimum atomic E-state index is 0.290. The molecule has 0 radical (unpaired) electrons. The van der Waals surface area contributed by atoms with Crippen LogP contribution < -0.4 is 4.90 Å². The number of fused-ring (bicyclic) bond motifs is 5. The molecule has 0 amide bonds. The Balaban J connectivity index is 1.33. The summed E-state index contributed by atoms with van der Waals surface area (Å²) in [5, 5.41) is 0. The van der Waals surface area contributed by atoms with E-state index in [1.807, 2.05) is 6.92 Å². The second kappa shape index (κ2) is 7.63. The molecule has 1 aromatic carbocycles. The van der Waals surface area contributed by atoms with Crippen LogP contribution in [0.2, 0.25) is 0 Å². The monoisotopic (exact) mass is 421 g/mol. The molecule has 170 valence electrons. The number of rotatable bonds is 3. The standard InChI is InChI=1S/C29H43NO/c1-19-7-6-8-22(17-19)30(5)23-13-15-28(3)21(18-23)9-10-24-26-12-11-25(20(2)31)29(26,4)16-14-27(24)28/h6-8,17,21,23-27H,9-16,18H2,1-5H3/t21?,23-,24?,25-,26?,27?,28+,29-/m1/s1. The highest BCUT2D eigenvalue weighted by Crippen LogP contribution is 2.67. The zero-order chi connectivity index (χ0) is 22.0. The lowest BCUT2D eigenvalue weighted by Crippen LogP contribution is -2.55. The lowest BCUT2D eigenvalue weighted by molar-refractivity contribution is -0.134. The Labute approximate surface area is 190 Å². The Bertz CT molecular complexity index is 847. The molecular weight excluding hydrogens is 378 g/mol. The molecule has 31 heavy (non-hydrogen) atoms. The normalized spacial score (nSPS) is 44.2. The first-order valence-corrected chi connectivity index (χ1v) is 13.0. The van der Waals surface area contributed by atoms with Gasteiger partial charge in [0.05, 0.1) is 0 Å². The van der Waals surface area contributed by atoms with Gasteiger partial charge in [-0.25, -0.2) is 0 Å². The fourth-order valence-electron chi connectivity index (χ4n) is 9.31. The number of hydrogen-bond acceptors (Lipinski definition) is 2. The Morgan fingerprint density at radius 3 is 2.45 bits per heavy atom. The van der Waals surface area contributed by atoms with Gasteiger partial charge in [-0.1, -0.05) is 26.0 Å². The van der Waals surface area contributed by atoms with Gasteiger partial charge in [0, 0.05) is 24.7 Å². The third kappa shape index (κ3) is 3.30. The average Bonchev–Trinajstić information content (AvgIpc) is 3.10. The number of nitrogens with zero attached hydrogens (tertiary/aromatic N) is 1. The maximum Gasteiger partial charge on any atom is 0.133 e. The molecule has 4 saturated carbocycles. The zero-order valence-electron chi connectivity index (χ0n) is 20.5. The summed E-state index contributed by atoms with van der Waals surface area (Å²) in [6.45, 7) is 9.20. The molecule has 0 heterocycles. The molecular formula is C29H43NO. The van der Waals surface area contributed by atoms with Gasteiger partial charge in [0.1, 0.15) is 5.78 Å². The van der Waals surface area contributed by atoms with Gasteiger partial charge in [-0.15, -0.1) is 0 Å². The quantitative estimate of drug-likeness (QED) is 0.521. The van der Waals surface area contributed by atoms with Crippen LogP contribution in [0.1, 0.15) is 84.1 Å². The number of carbonyl (C=O) groups is 1. The van der Waals surface area contributed by atoms with Gasteiger partial charge < -0.3 is 4.90 Å². The van der Waals surface area contributed by atoms with E-state index in [1.54, 1.807) is 0 Å². The van der Waals surface area contributed by atoms with Gasteiger partial charge in [0.2, 0.25) is 0 Å². The maximum atomic E-state index is 12.4. The fraction of sp³-hybridized carbons (Fsp3) is 0.759. The first-order chi connectivity index (χ1) is 14.7. The van der Waals surface area contributed by atoms with Gasteiger partial charge in [-0.3, -0.25) is 4.79 Å². The van der Waals surface area contributed by atoms with Gasteiger partial charge in [0.25, 0.3) is 0 Å². The van der Waals surface area contributed by atoms with Crippen molar-refractivity contribution in [3.8, 4) is 0 Å². The van der Waals surface area contributed by atoms with E-state index in [4.69, 9.17) is 0 Å². The van der Waals surface area contributed by atoms with E-state index < -0.39 is 0 Å². The van der Waals surface area contributed by atoms with Crippen molar-refractivity contribution in [3.05, 3.63) is 29.8 Å². The first kappa shape index (κ1) is 21.5. The van der Waals surface area contributed by atoms with E-state index in [-0.39, 0.29) is 0 Å². The summed E-state index contributed by atoms with van der Waals surface area (Å²) in [4.78, 5) is 15.0. The van der Waals surface area contributed by atoms with Crippen LogP contribution in [0.15, 0.2) is 24.3 Å². The van der Waals surface area contributed by atoms with Gasteiger partial charge >= 0.3 is 0 Å². The van der Waals surface area contributed by atoms with E-state index >= 15 is 0 Å². The predicted molar refractivity (Wildman–Crippen MR) is 129 cm³/mol. The zero-order valence-corrected chi connectivity index (χ0v) is 20.5. The number of Topliss-reactive ketones (excluding diaryl/α,β-unsaturated/α-hetero) is 1. The summed E-state index contributed by atoms with van der Waals surface area (Å²) in [6.07, 6.45) is 12.0. The minimum Gasteiger partial charge on any atom is -0.372 e. The van der Waals surface area contributed by atoms with Crippen molar-refractivity contribution < 1.29 is 4.79 Å². The molecule has 5 rings (SSSR count). The molecule has 0 bridgehead atoms. The fourth-order valence-corrected chi connectivity index (χ4v) is 9.31. The minimum absolute atomic E-state index is 0.290. The molecule has 0 aliphatic heterocycles. The number of anilines is 1. The van der Waals surface area contributed by atoms with E-state index in [1.165, 1.54) is 62.6 Å². The molecule has 1 aromatic rings. The number of hydrogen-bond donors (Lipinski definition) is 0. The largest absolute Gasteiger partial charge is 0.372 e. The summed E-state index contributed by atoms with van der Waals surface area (Å²) in [6, 6.07) is 9.71. The Morgan fingerprint density at radius 2 is 1.71 bits per heavy atom. The van der Waals surface area contributed by atoms with Crippen LogP contribution >= 0.6 is 0 Å². The third-order valence-electron chi connectivity index (χ3n) is 11.1. The van der Waals surface area contributed by atoms with Crippen LogP contribution in [0.3, 0.4) is 0 Å². The topological polar surface area (TPSA) is 20.3 Å². The van der Waals surface area contributed by atoms with Crippen LogP contribution in [0, 0.1) is 47.3 Å². The molecule has 4 aliphatic rings. The predicted octanol–water partition coefficient (Wildman–Crippen LogP) is 7.05. The van der Waals surface area contributed by atoms with Crippen LogP contribution in [0.5, 0.6) is 0 Å². The number of benzene rings is 1. The SMILES string of the molecule is CC(=O)[C@H]1CCC2C3CCC4C[C@H](N(C)c5cccc(C)c5)CC[C@]4(C)C3CC[C@@]21C. The van der Waals surface area contributed by atoms with Crippen LogP contribution in [-0.4, -0.2) is 18.9 Å². The van der Waals surface area contributed by atoms with Crippen molar-refractivity contribution in [2.75, 3.05) is 11.9 Å². The Morgan fingerprint density at radius 1 is 0.968 bits per heavy atom. The van der Waals surface area contributed by atoms with Gasteiger partial charge in [-0.05, 0) is 124 Å². The van der Waals surface area contributed by atoms with Crippen LogP contribution in [0.4, 0.5) is 5.69 Å². The second-order valence-electron chi connectivity index (χ2n) is 12.3. The highest BCUT2D eigenvalue weighted by molar-refractivity contribution is 5.79. The molecule has 0 aromatic heterocycles. The van der Waals surface area contributed by atoms with Crippen molar-refractivity contribution >= 4 is 11.5 Å². The summed E-state index contributed by atoms with van der Waals surface area (Å²) in [5.41, 5.74) is 3.55. The molecule has 0 spiro atoms. The van der Waals surface area contributed by atoms with E-state index in [2.05, 4.69) is 57.0 Å². The number of aryl methyl sites for hydroxylation is 1. The number of ketones is 1. The smallest absolute Gasteiger partial charge is 0.133 e. The summed E-state index contributed by atoms with van der Waals surface area (Å²) < 4.78 is 0. The summed E-state index contributed by atoms with van der Waals surface area (Å²) in [7, 11) is 2.32. The van der Waals surface area contributed by atoms with E-state index in [9.17, 15) is 4.79 Å². The van der Waals surface area contributed by atoms with E-state index in [0.717, 1.165) is 30.1 Å². The number of carbonyl (C=O) groups excluding carboxylic acids is 1. The van der Waals surface area contributed by atoms with Crippen molar-refractivity contribution in [3.63, 3.8) is 0 Å². The van der Waals surface area contributed by atoms with Crippen molar-refractivity contribution in [1.29, 1.82) is 0 Å². The Hall–Kier alpha value is -1.31. The van der Waals surface area contributed by atoms with Crippen molar-refractivity contribution in [2.45, 2.75) is 91.5 Å². The van der Waals surface area contributed by atoms with E-state index in [0.29, 0.717) is 28.6 Å². The molecule has 4 unspecified atom stereocenters. The molecule has 4 fully saturated rings. The lowest BCUT2D eigenvalue weighted by atomic mass is 9.44. The summed E-state index contributed by atoms with van der Waals surface area (Å²) >= 11 is 0. The molecule has 0 N–H and O–H groups in total.